The summed E-state index contributed by atoms with van der Waals surface area (Å²) in [7, 11) is 0. The summed E-state index contributed by atoms with van der Waals surface area (Å²) in [5, 5.41) is 8.33. The molecule has 0 radical (unpaired) electrons. The number of hydrogen-bond acceptors (Lipinski definition) is 2. The van der Waals surface area contributed by atoms with Gasteiger partial charge in [0, 0.05) is 0 Å². The van der Waals surface area contributed by atoms with Gasteiger partial charge in [0.1, 0.15) is 5.82 Å². The van der Waals surface area contributed by atoms with Crippen LogP contribution in [0, 0.1) is 5.82 Å². The minimum Gasteiger partial charge on any atom is -0.219 e. The van der Waals surface area contributed by atoms with Crippen LogP contribution < -0.4 is 0 Å². The van der Waals surface area contributed by atoms with Crippen molar-refractivity contribution in [1.82, 2.24) is 15.0 Å². The predicted octanol–water partition coefficient (Wildman–Crippen LogP) is 3.91. The van der Waals surface area contributed by atoms with E-state index in [-0.39, 0.29) is 10.6 Å². The first-order valence-corrected chi connectivity index (χ1v) is 6.43. The van der Waals surface area contributed by atoms with Crippen LogP contribution >= 0.6 is 27.5 Å². The van der Waals surface area contributed by atoms with Crippen LogP contribution in [-0.2, 0) is 0 Å². The summed E-state index contributed by atoms with van der Waals surface area (Å²) in [5.74, 6) is -0.369. The van der Waals surface area contributed by atoms with Gasteiger partial charge in [-0.25, -0.2) is 9.07 Å². The van der Waals surface area contributed by atoms with Crippen LogP contribution in [0.4, 0.5) is 4.39 Å². The second kappa shape index (κ2) is 5.14. The van der Waals surface area contributed by atoms with Crippen molar-refractivity contribution in [2.75, 3.05) is 0 Å². The molecule has 3 nitrogen and oxygen atoms in total. The van der Waals surface area contributed by atoms with Crippen molar-refractivity contribution in [2.45, 2.75) is 18.2 Å². The van der Waals surface area contributed by atoms with Gasteiger partial charge in [0.25, 0.3) is 0 Å². The molecule has 1 heterocycles. The van der Waals surface area contributed by atoms with Crippen LogP contribution in [-0.4, -0.2) is 15.0 Å². The number of halogens is 3. The maximum Gasteiger partial charge on any atom is 0.124 e. The minimum absolute atomic E-state index is 0.162. The van der Waals surface area contributed by atoms with Crippen LogP contribution in [0.1, 0.15) is 23.9 Å². The Morgan fingerprint density at radius 3 is 2.94 bits per heavy atom. The molecule has 0 aliphatic heterocycles. The van der Waals surface area contributed by atoms with Crippen LogP contribution in [0.5, 0.6) is 0 Å². The van der Waals surface area contributed by atoms with Gasteiger partial charge in [-0.1, -0.05) is 39.7 Å². The second-order valence-electron chi connectivity index (χ2n) is 3.56. The van der Waals surface area contributed by atoms with E-state index in [9.17, 15) is 4.39 Å². The average Bonchev–Trinajstić information content (AvgIpc) is 2.77. The third kappa shape index (κ3) is 2.66. The summed E-state index contributed by atoms with van der Waals surface area (Å²) in [4.78, 5) is 0.162. The molecule has 17 heavy (non-hydrogen) atoms. The van der Waals surface area contributed by atoms with E-state index in [1.807, 2.05) is 6.92 Å². The monoisotopic (exact) mass is 317 g/mol. The normalized spacial score (nSPS) is 12.7. The quantitative estimate of drug-likeness (QED) is 0.803. The Morgan fingerprint density at radius 1 is 1.53 bits per heavy atom. The Hall–Kier alpha value is -0.940. The smallest absolute Gasteiger partial charge is 0.124 e. The molecule has 90 valence electrons. The molecule has 2 aromatic rings. The predicted molar refractivity (Wildman–Crippen MR) is 68.3 cm³/mol. The molecule has 6 heteroatoms. The number of benzene rings is 1. The molecular formula is C11H10BrClFN3. The Bertz CT molecular complexity index is 529. The van der Waals surface area contributed by atoms with Crippen LogP contribution in [0.3, 0.4) is 0 Å². The molecule has 1 atom stereocenters. The van der Waals surface area contributed by atoms with Gasteiger partial charge >= 0.3 is 0 Å². The molecule has 0 fully saturated rings. The summed E-state index contributed by atoms with van der Waals surface area (Å²) < 4.78 is 14.5. The van der Waals surface area contributed by atoms with Gasteiger partial charge in [-0.05, 0) is 24.6 Å². The largest absolute Gasteiger partial charge is 0.219 e. The van der Waals surface area contributed by atoms with E-state index in [4.69, 9.17) is 11.6 Å². The van der Waals surface area contributed by atoms with Gasteiger partial charge in [0.2, 0.25) is 0 Å². The van der Waals surface area contributed by atoms with Gasteiger partial charge < -0.3 is 0 Å². The topological polar surface area (TPSA) is 30.7 Å². The lowest BCUT2D eigenvalue weighted by molar-refractivity contribution is 0.627. The fourth-order valence-corrected chi connectivity index (χ4v) is 1.88. The standard InChI is InChI=1S/C11H10BrClFN3/c1-2-8(12)10-6-17(16-15-10)11-4-3-7(14)5-9(11)13/h3-6,8H,2H2,1H3. The average molecular weight is 319 g/mol. The summed E-state index contributed by atoms with van der Waals surface area (Å²) in [6.07, 6.45) is 2.69. The Labute approximate surface area is 112 Å². The zero-order valence-electron chi connectivity index (χ0n) is 9.07. The van der Waals surface area contributed by atoms with Crippen molar-refractivity contribution in [3.05, 3.63) is 40.9 Å². The molecule has 0 spiro atoms. The molecule has 1 aromatic carbocycles. The highest BCUT2D eigenvalue weighted by Crippen LogP contribution is 2.26. The van der Waals surface area contributed by atoms with E-state index < -0.39 is 0 Å². The molecule has 0 saturated carbocycles. The van der Waals surface area contributed by atoms with E-state index >= 15 is 0 Å². The first-order chi connectivity index (χ1) is 8.11. The van der Waals surface area contributed by atoms with Crippen LogP contribution in [0.15, 0.2) is 24.4 Å². The Balaban J connectivity index is 2.37. The van der Waals surface area contributed by atoms with Gasteiger partial charge in [0.15, 0.2) is 0 Å². The maximum atomic E-state index is 12.9. The number of alkyl halides is 1. The molecular weight excluding hydrogens is 308 g/mol. The number of aromatic nitrogens is 3. The lowest BCUT2D eigenvalue weighted by atomic mass is 10.2. The third-order valence-corrected chi connectivity index (χ3v) is 3.77. The fourth-order valence-electron chi connectivity index (χ4n) is 1.41. The summed E-state index contributed by atoms with van der Waals surface area (Å²) >= 11 is 9.44. The van der Waals surface area contributed by atoms with Crippen molar-refractivity contribution in [3.63, 3.8) is 0 Å². The molecule has 1 unspecified atom stereocenters. The lowest BCUT2D eigenvalue weighted by Crippen LogP contribution is -1.96. The first-order valence-electron chi connectivity index (χ1n) is 5.13. The molecule has 0 saturated heterocycles. The van der Waals surface area contributed by atoms with Crippen LogP contribution in [0.25, 0.3) is 5.69 Å². The third-order valence-electron chi connectivity index (χ3n) is 2.35. The maximum absolute atomic E-state index is 12.9. The van der Waals surface area contributed by atoms with Crippen molar-refractivity contribution in [1.29, 1.82) is 0 Å². The van der Waals surface area contributed by atoms with Gasteiger partial charge in [-0.3, -0.25) is 0 Å². The zero-order valence-corrected chi connectivity index (χ0v) is 11.4. The van der Waals surface area contributed by atoms with Crippen molar-refractivity contribution in [2.24, 2.45) is 0 Å². The molecule has 0 aliphatic rings. The van der Waals surface area contributed by atoms with Crippen molar-refractivity contribution >= 4 is 27.5 Å². The SMILES string of the molecule is CCC(Br)c1cn(-c2ccc(F)cc2Cl)nn1. The zero-order chi connectivity index (χ0) is 12.4. The van der Waals surface area contributed by atoms with E-state index in [1.165, 1.54) is 12.1 Å². The number of rotatable bonds is 3. The molecule has 1 aromatic heterocycles. The summed E-state index contributed by atoms with van der Waals surface area (Å²) in [6.45, 7) is 2.04. The second-order valence-corrected chi connectivity index (χ2v) is 5.07. The van der Waals surface area contributed by atoms with Gasteiger partial charge in [-0.2, -0.15) is 0 Å². The highest BCUT2D eigenvalue weighted by molar-refractivity contribution is 9.09. The Morgan fingerprint density at radius 2 is 2.29 bits per heavy atom. The molecule has 0 amide bonds. The number of hydrogen-bond donors (Lipinski definition) is 0. The lowest BCUT2D eigenvalue weighted by Gasteiger charge is -2.03. The molecule has 0 N–H and O–H groups in total. The molecule has 2 rings (SSSR count). The van der Waals surface area contributed by atoms with Crippen molar-refractivity contribution in [3.8, 4) is 5.69 Å². The number of nitrogens with zero attached hydrogens (tertiary/aromatic N) is 3. The highest BCUT2D eigenvalue weighted by Gasteiger charge is 2.12. The highest BCUT2D eigenvalue weighted by atomic mass is 79.9. The fraction of sp³-hybridized carbons (Fsp3) is 0.273. The minimum atomic E-state index is -0.369. The Kier molecular flexibility index (Phi) is 3.79. The van der Waals surface area contributed by atoms with Gasteiger partial charge in [-0.15, -0.1) is 5.10 Å². The van der Waals surface area contributed by atoms with Crippen LogP contribution in [0.2, 0.25) is 5.02 Å². The summed E-state index contributed by atoms with van der Waals surface area (Å²) in [6, 6.07) is 4.17. The molecule has 0 aliphatic carbocycles. The summed E-state index contributed by atoms with van der Waals surface area (Å²) in [5.41, 5.74) is 1.44. The molecule has 0 bridgehead atoms. The van der Waals surface area contributed by atoms with E-state index in [0.29, 0.717) is 10.7 Å². The van der Waals surface area contributed by atoms with E-state index in [2.05, 4.69) is 26.2 Å². The van der Waals surface area contributed by atoms with Gasteiger partial charge in [0.05, 0.1) is 27.4 Å². The van der Waals surface area contributed by atoms with E-state index in [0.717, 1.165) is 12.1 Å². The first kappa shape index (κ1) is 12.5. The van der Waals surface area contributed by atoms with E-state index in [1.54, 1.807) is 16.9 Å². The van der Waals surface area contributed by atoms with Crippen molar-refractivity contribution < 1.29 is 4.39 Å².